The van der Waals surface area contributed by atoms with Crippen molar-refractivity contribution < 1.29 is 64.6 Å². The lowest BCUT2D eigenvalue weighted by molar-refractivity contribution is -0.359. The molecule has 14 heteroatoms. The lowest BCUT2D eigenvalue weighted by Crippen LogP contribution is -2.65. The van der Waals surface area contributed by atoms with E-state index in [4.69, 9.17) is 18.9 Å². The quantitative estimate of drug-likeness (QED) is 0.0205. The smallest absolute Gasteiger partial charge is 0.220 e. The number of unbranched alkanes of at least 4 members (excludes halogenated alkanes) is 21. The van der Waals surface area contributed by atoms with E-state index in [2.05, 4.69) is 92.1 Å². The molecular formula is C61H107NO13. The largest absolute Gasteiger partial charge is 0.394 e. The predicted octanol–water partition coefficient (Wildman–Crippen LogP) is 9.94. The SMILES string of the molecule is CC/C=C\C/C=C\C/C=C\C/C=C\C/C=C\C/C=C\CCCCCCCCCCCCC(=O)NC(COC1OC(CO)C(OC2OC(CO)C(O)C(O)C2O)C(O)C1O)C(O)CCCCCCCCCCCCCC. The van der Waals surface area contributed by atoms with Crippen molar-refractivity contribution in [2.24, 2.45) is 0 Å². The number of hydrogen-bond acceptors (Lipinski definition) is 13. The van der Waals surface area contributed by atoms with Crippen molar-refractivity contribution >= 4 is 5.91 Å². The second-order valence-electron chi connectivity index (χ2n) is 20.7. The Bertz CT molecular complexity index is 1530. The topological polar surface area (TPSA) is 228 Å². The lowest BCUT2D eigenvalue weighted by atomic mass is 9.97. The Morgan fingerprint density at radius 2 is 0.920 bits per heavy atom. The normalized spacial score (nSPS) is 25.6. The molecule has 75 heavy (non-hydrogen) atoms. The Morgan fingerprint density at radius 1 is 0.493 bits per heavy atom. The van der Waals surface area contributed by atoms with Crippen LogP contribution in [0.1, 0.15) is 213 Å². The zero-order valence-electron chi connectivity index (χ0n) is 46.5. The van der Waals surface area contributed by atoms with Crippen molar-refractivity contribution in [2.45, 2.75) is 286 Å². The van der Waals surface area contributed by atoms with E-state index in [1.807, 2.05) is 0 Å². The van der Waals surface area contributed by atoms with E-state index in [0.717, 1.165) is 89.9 Å². The lowest BCUT2D eigenvalue weighted by Gasteiger charge is -2.46. The van der Waals surface area contributed by atoms with Gasteiger partial charge in [0, 0.05) is 6.42 Å². The third-order valence-corrected chi connectivity index (χ3v) is 14.2. The molecule has 2 saturated heterocycles. The third-order valence-electron chi connectivity index (χ3n) is 14.2. The molecule has 0 aromatic heterocycles. The molecular weight excluding hydrogens is 955 g/mol. The van der Waals surface area contributed by atoms with Gasteiger partial charge in [0.25, 0.3) is 0 Å². The van der Waals surface area contributed by atoms with Gasteiger partial charge in [-0.05, 0) is 64.2 Å². The summed E-state index contributed by atoms with van der Waals surface area (Å²) in [5.41, 5.74) is 0. The van der Waals surface area contributed by atoms with E-state index in [9.17, 15) is 45.6 Å². The van der Waals surface area contributed by atoms with Crippen LogP contribution < -0.4 is 5.32 Å². The number of ether oxygens (including phenoxy) is 4. The first-order valence-electron chi connectivity index (χ1n) is 29.7. The second kappa shape index (κ2) is 46.4. The van der Waals surface area contributed by atoms with E-state index in [1.54, 1.807) is 0 Å². The maximum Gasteiger partial charge on any atom is 0.220 e. The summed E-state index contributed by atoms with van der Waals surface area (Å²) in [6, 6.07) is -0.834. The fourth-order valence-electron chi connectivity index (χ4n) is 9.42. The van der Waals surface area contributed by atoms with Crippen molar-refractivity contribution in [2.75, 3.05) is 19.8 Å². The summed E-state index contributed by atoms with van der Waals surface area (Å²) in [5, 5.41) is 87.1. The Hall–Kier alpha value is -2.57. The van der Waals surface area contributed by atoms with Crippen LogP contribution in [-0.2, 0) is 23.7 Å². The molecule has 0 saturated carbocycles. The molecule has 14 nitrogen and oxygen atoms in total. The average molecular weight is 1060 g/mol. The van der Waals surface area contributed by atoms with Gasteiger partial charge in [0.2, 0.25) is 5.91 Å². The Morgan fingerprint density at radius 3 is 1.41 bits per heavy atom. The summed E-state index contributed by atoms with van der Waals surface area (Å²) >= 11 is 0. The Labute approximate surface area is 453 Å². The summed E-state index contributed by atoms with van der Waals surface area (Å²) in [5.74, 6) is -0.215. The fraction of sp³-hybridized carbons (Fsp3) is 0.787. The van der Waals surface area contributed by atoms with Gasteiger partial charge in [-0.3, -0.25) is 4.79 Å². The van der Waals surface area contributed by atoms with Crippen LogP contribution in [0.25, 0.3) is 0 Å². The standard InChI is InChI=1S/C61H107NO13/c1-3-5-7-9-11-13-15-17-18-19-20-21-22-23-24-25-26-27-28-29-30-31-32-33-35-37-39-41-43-45-53(66)62-49(50(65)44-42-40-38-36-34-16-14-12-10-8-6-4-2)48-72-60-58(71)56(69)59(52(47-64)74-60)75-61-57(70)55(68)54(67)51(46-63)73-61/h5,7,11,13,17-18,20-21,23-24,26-27,49-52,54-61,63-65,67-71H,3-4,6,8-10,12,14-16,19,22,25,28-48H2,1-2H3,(H,62,66)/b7-5-,13-11-,18-17-,21-20-,24-23-,27-26-. The van der Waals surface area contributed by atoms with Crippen LogP contribution in [-0.4, -0.2) is 140 Å². The molecule has 0 spiro atoms. The summed E-state index contributed by atoms with van der Waals surface area (Å²) in [6.07, 6.45) is 43.3. The van der Waals surface area contributed by atoms with Crippen LogP contribution in [0.4, 0.5) is 0 Å². The number of hydrogen-bond donors (Lipinski definition) is 9. The van der Waals surface area contributed by atoms with Crippen molar-refractivity contribution in [3.8, 4) is 0 Å². The maximum atomic E-state index is 13.3. The van der Waals surface area contributed by atoms with E-state index in [0.29, 0.717) is 19.3 Å². The molecule has 0 bridgehead atoms. The Kier molecular flexibility index (Phi) is 42.4. The third kappa shape index (κ3) is 32.2. The minimum Gasteiger partial charge on any atom is -0.394 e. The highest BCUT2D eigenvalue weighted by atomic mass is 16.7. The number of nitrogens with one attached hydrogen (secondary N) is 1. The summed E-state index contributed by atoms with van der Waals surface area (Å²) < 4.78 is 22.8. The van der Waals surface area contributed by atoms with Gasteiger partial charge in [0.15, 0.2) is 12.6 Å². The highest BCUT2D eigenvalue weighted by molar-refractivity contribution is 5.76. The maximum absolute atomic E-state index is 13.3. The molecule has 0 aromatic carbocycles. The van der Waals surface area contributed by atoms with Gasteiger partial charge in [-0.15, -0.1) is 0 Å². The number of rotatable bonds is 46. The fourth-order valence-corrected chi connectivity index (χ4v) is 9.42. The first kappa shape index (κ1) is 68.5. The number of carbonyl (C=O) groups excluding carboxylic acids is 1. The van der Waals surface area contributed by atoms with Gasteiger partial charge in [0.1, 0.15) is 48.8 Å². The summed E-state index contributed by atoms with van der Waals surface area (Å²) in [4.78, 5) is 13.3. The molecule has 434 valence electrons. The average Bonchev–Trinajstić information content (AvgIpc) is 3.41. The van der Waals surface area contributed by atoms with E-state index in [-0.39, 0.29) is 12.5 Å². The minimum atomic E-state index is -1.78. The highest BCUT2D eigenvalue weighted by Crippen LogP contribution is 2.30. The van der Waals surface area contributed by atoms with Crippen molar-refractivity contribution in [3.63, 3.8) is 0 Å². The van der Waals surface area contributed by atoms with Crippen molar-refractivity contribution in [1.29, 1.82) is 0 Å². The molecule has 2 heterocycles. The van der Waals surface area contributed by atoms with Crippen LogP contribution in [0.3, 0.4) is 0 Å². The second-order valence-corrected chi connectivity index (χ2v) is 20.7. The first-order chi connectivity index (χ1) is 36.6. The molecule has 9 N–H and O–H groups in total. The Balaban J connectivity index is 1.69. The molecule has 2 rings (SSSR count). The molecule has 12 atom stereocenters. The van der Waals surface area contributed by atoms with Crippen molar-refractivity contribution in [3.05, 3.63) is 72.9 Å². The van der Waals surface area contributed by atoms with Crippen LogP contribution in [0.2, 0.25) is 0 Å². The zero-order chi connectivity index (χ0) is 54.6. The number of allylic oxidation sites excluding steroid dienone is 12. The summed E-state index contributed by atoms with van der Waals surface area (Å²) in [6.45, 7) is 2.73. The van der Waals surface area contributed by atoms with Gasteiger partial charge in [-0.25, -0.2) is 0 Å². The van der Waals surface area contributed by atoms with E-state index < -0.39 is 86.8 Å². The molecule has 2 aliphatic heterocycles. The first-order valence-corrected chi connectivity index (χ1v) is 29.7. The van der Waals surface area contributed by atoms with E-state index >= 15 is 0 Å². The molecule has 0 aliphatic carbocycles. The number of amides is 1. The predicted molar refractivity (Wildman–Crippen MR) is 300 cm³/mol. The van der Waals surface area contributed by atoms with Crippen LogP contribution >= 0.6 is 0 Å². The molecule has 0 radical (unpaired) electrons. The van der Waals surface area contributed by atoms with Crippen LogP contribution in [0.15, 0.2) is 72.9 Å². The van der Waals surface area contributed by atoms with Crippen molar-refractivity contribution in [1.82, 2.24) is 5.32 Å². The minimum absolute atomic E-state index is 0.215. The van der Waals surface area contributed by atoms with Gasteiger partial charge >= 0.3 is 0 Å². The molecule has 1 amide bonds. The van der Waals surface area contributed by atoms with Crippen LogP contribution in [0.5, 0.6) is 0 Å². The highest BCUT2D eigenvalue weighted by Gasteiger charge is 2.51. The summed E-state index contributed by atoms with van der Waals surface area (Å²) in [7, 11) is 0. The van der Waals surface area contributed by atoms with E-state index in [1.165, 1.54) is 89.9 Å². The van der Waals surface area contributed by atoms with Gasteiger partial charge in [-0.1, -0.05) is 215 Å². The van der Waals surface area contributed by atoms with Gasteiger partial charge < -0.3 is 65.1 Å². The molecule has 12 unspecified atom stereocenters. The molecule has 2 fully saturated rings. The molecule has 2 aliphatic rings. The molecule has 0 aromatic rings. The number of aliphatic hydroxyl groups excluding tert-OH is 8. The van der Waals surface area contributed by atoms with Crippen LogP contribution in [0, 0.1) is 0 Å². The monoisotopic (exact) mass is 1060 g/mol. The number of aliphatic hydroxyl groups is 8. The number of carbonyl (C=O) groups is 1. The van der Waals surface area contributed by atoms with Gasteiger partial charge in [0.05, 0.1) is 32.0 Å². The zero-order valence-corrected chi connectivity index (χ0v) is 46.5. The van der Waals surface area contributed by atoms with Gasteiger partial charge in [-0.2, -0.15) is 0 Å².